The first kappa shape index (κ1) is 56.9. The fraction of sp³-hybridized carbons (Fsp3) is 0.957. The van der Waals surface area contributed by atoms with Gasteiger partial charge in [-0.15, -0.1) is 0 Å². The Bertz CT molecular complexity index is 1060. The lowest BCUT2D eigenvalue weighted by atomic mass is 9.85. The molecule has 0 saturated heterocycles. The predicted molar refractivity (Wildman–Crippen MR) is 235 cm³/mol. The lowest BCUT2D eigenvalue weighted by Gasteiger charge is -2.41. The summed E-state index contributed by atoms with van der Waals surface area (Å²) < 4.78 is 33.5. The average molecular weight is 881 g/mol. The normalized spacial score (nSPS) is 22.1. The third-order valence-corrected chi connectivity index (χ3v) is 12.7. The minimum absolute atomic E-state index is 0.104. The molecule has 0 spiro atoms. The molecule has 6 N–H and O–H groups in total. The molecule has 14 heteroatoms. The van der Waals surface area contributed by atoms with Crippen LogP contribution in [0.15, 0.2) is 0 Å². The van der Waals surface area contributed by atoms with E-state index in [1.54, 1.807) is 0 Å². The molecule has 356 valence electrons. The average Bonchev–Trinajstić information content (AvgIpc) is 3.23. The number of hydrogen-bond donors (Lipinski definition) is 6. The number of hydrogen-bond acceptors (Lipinski definition) is 12. The van der Waals surface area contributed by atoms with Crippen molar-refractivity contribution in [1.82, 2.24) is 0 Å². The molecule has 0 amide bonds. The molecule has 8 atom stereocenters. The zero-order chi connectivity index (χ0) is 44.3. The van der Waals surface area contributed by atoms with Crippen LogP contribution in [0.2, 0.25) is 0 Å². The highest BCUT2D eigenvalue weighted by Crippen LogP contribution is 2.47. The number of phosphoric ester groups is 1. The Kier molecular flexibility index (Phi) is 35.3. The number of esters is 2. The molecule has 0 bridgehead atoms. The number of phosphoric acid groups is 1. The molecular formula is C46H89O13P. The molecule has 0 aliphatic heterocycles. The summed E-state index contributed by atoms with van der Waals surface area (Å²) in [5.41, 5.74) is 0. The van der Waals surface area contributed by atoms with E-state index in [0.29, 0.717) is 12.8 Å². The van der Waals surface area contributed by atoms with Crippen molar-refractivity contribution in [3.63, 3.8) is 0 Å². The van der Waals surface area contributed by atoms with Crippen LogP contribution in [-0.4, -0.2) is 98.3 Å². The summed E-state index contributed by atoms with van der Waals surface area (Å²) in [6.45, 7) is 3.32. The van der Waals surface area contributed by atoms with Gasteiger partial charge in [-0.25, -0.2) is 4.57 Å². The molecule has 1 aliphatic rings. The highest BCUT2D eigenvalue weighted by atomic mass is 31.2. The number of carbonyl (C=O) groups is 2. The summed E-state index contributed by atoms with van der Waals surface area (Å²) in [5, 5.41) is 50.1. The number of rotatable bonds is 41. The van der Waals surface area contributed by atoms with Crippen LogP contribution in [0.25, 0.3) is 0 Å². The van der Waals surface area contributed by atoms with Crippen molar-refractivity contribution < 1.29 is 63.1 Å². The van der Waals surface area contributed by atoms with E-state index in [1.165, 1.54) is 148 Å². The second-order valence-corrected chi connectivity index (χ2v) is 18.7. The van der Waals surface area contributed by atoms with Crippen LogP contribution < -0.4 is 0 Å². The van der Waals surface area contributed by atoms with Crippen LogP contribution in [-0.2, 0) is 32.7 Å². The van der Waals surface area contributed by atoms with Gasteiger partial charge < -0.3 is 39.9 Å². The van der Waals surface area contributed by atoms with E-state index < -0.39 is 75.7 Å². The Hall–Kier alpha value is -1.15. The minimum Gasteiger partial charge on any atom is -0.462 e. The molecule has 1 aliphatic carbocycles. The van der Waals surface area contributed by atoms with E-state index in [9.17, 15) is 44.6 Å². The SMILES string of the molecule is CCCCCCCCCCCCCCCCCCCCCC(=O)OC[C@@H](COP(=O)(O)OC1C(O)C(O)C(O)[C@H](O)C1O)OC(=O)CCCCCCCCCCCCCC. The third kappa shape index (κ3) is 29.3. The number of aliphatic hydroxyl groups is 5. The first-order valence-corrected chi connectivity index (χ1v) is 25.8. The van der Waals surface area contributed by atoms with E-state index >= 15 is 0 Å². The first-order valence-electron chi connectivity index (χ1n) is 24.3. The molecule has 0 aromatic carbocycles. The van der Waals surface area contributed by atoms with Gasteiger partial charge in [0.2, 0.25) is 0 Å². The van der Waals surface area contributed by atoms with Crippen molar-refractivity contribution in [1.29, 1.82) is 0 Å². The highest BCUT2D eigenvalue weighted by molar-refractivity contribution is 7.47. The van der Waals surface area contributed by atoms with Crippen LogP contribution in [0.3, 0.4) is 0 Å². The van der Waals surface area contributed by atoms with Crippen LogP contribution in [0.1, 0.15) is 226 Å². The summed E-state index contributed by atoms with van der Waals surface area (Å²) in [7, 11) is -5.11. The van der Waals surface area contributed by atoms with Crippen LogP contribution >= 0.6 is 7.82 Å². The van der Waals surface area contributed by atoms with Crippen LogP contribution in [0.4, 0.5) is 0 Å². The fourth-order valence-corrected chi connectivity index (χ4v) is 8.73. The van der Waals surface area contributed by atoms with Gasteiger partial charge in [-0.3, -0.25) is 18.6 Å². The van der Waals surface area contributed by atoms with Crippen molar-refractivity contribution in [2.45, 2.75) is 268 Å². The van der Waals surface area contributed by atoms with Gasteiger partial charge in [-0.1, -0.05) is 200 Å². The molecule has 0 aromatic heterocycles. The predicted octanol–water partition coefficient (Wildman–Crippen LogP) is 9.67. The number of ether oxygens (including phenoxy) is 2. The van der Waals surface area contributed by atoms with E-state index in [2.05, 4.69) is 13.8 Å². The van der Waals surface area contributed by atoms with Crippen molar-refractivity contribution in [3.8, 4) is 0 Å². The van der Waals surface area contributed by atoms with E-state index in [0.717, 1.165) is 38.5 Å². The van der Waals surface area contributed by atoms with Crippen LogP contribution in [0.5, 0.6) is 0 Å². The molecule has 0 radical (unpaired) electrons. The highest BCUT2D eigenvalue weighted by Gasteiger charge is 2.51. The van der Waals surface area contributed by atoms with Gasteiger partial charge in [0.05, 0.1) is 6.61 Å². The maximum absolute atomic E-state index is 12.8. The molecule has 0 heterocycles. The van der Waals surface area contributed by atoms with Crippen molar-refractivity contribution in [2.75, 3.05) is 13.2 Å². The zero-order valence-corrected chi connectivity index (χ0v) is 38.7. The van der Waals surface area contributed by atoms with Gasteiger partial charge in [0.15, 0.2) is 6.10 Å². The topological polar surface area (TPSA) is 210 Å². The smallest absolute Gasteiger partial charge is 0.462 e. The molecular weight excluding hydrogens is 791 g/mol. The Labute approximate surface area is 363 Å². The lowest BCUT2D eigenvalue weighted by Crippen LogP contribution is -2.64. The molecule has 0 aromatic rings. The first-order chi connectivity index (χ1) is 28.9. The largest absolute Gasteiger partial charge is 0.472 e. The molecule has 1 rings (SSSR count). The van der Waals surface area contributed by atoms with Gasteiger partial charge in [-0.2, -0.15) is 0 Å². The van der Waals surface area contributed by atoms with Gasteiger partial charge in [0.25, 0.3) is 0 Å². The second-order valence-electron chi connectivity index (χ2n) is 17.3. The Morgan fingerprint density at radius 1 is 0.450 bits per heavy atom. The zero-order valence-electron chi connectivity index (χ0n) is 37.8. The number of aliphatic hydroxyl groups excluding tert-OH is 5. The summed E-state index contributed by atoms with van der Waals surface area (Å²) in [5.74, 6) is -1.08. The molecule has 6 unspecified atom stereocenters. The van der Waals surface area contributed by atoms with Gasteiger partial charge >= 0.3 is 19.8 Å². The Morgan fingerprint density at radius 2 is 0.750 bits per heavy atom. The van der Waals surface area contributed by atoms with Crippen molar-refractivity contribution in [2.24, 2.45) is 0 Å². The second kappa shape index (κ2) is 37.2. The molecule has 13 nitrogen and oxygen atoms in total. The van der Waals surface area contributed by atoms with Crippen molar-refractivity contribution in [3.05, 3.63) is 0 Å². The minimum atomic E-state index is -5.11. The number of carbonyl (C=O) groups excluding carboxylic acids is 2. The summed E-state index contributed by atoms with van der Waals surface area (Å²) >= 11 is 0. The maximum Gasteiger partial charge on any atom is 0.472 e. The van der Waals surface area contributed by atoms with Gasteiger partial charge in [-0.05, 0) is 12.8 Å². The maximum atomic E-state index is 12.8. The van der Waals surface area contributed by atoms with Gasteiger partial charge in [0, 0.05) is 12.8 Å². The summed E-state index contributed by atoms with van der Waals surface area (Å²) in [6.07, 6.45) is 24.5. The van der Waals surface area contributed by atoms with E-state index in [-0.39, 0.29) is 12.8 Å². The summed E-state index contributed by atoms with van der Waals surface area (Å²) in [6, 6.07) is 0. The van der Waals surface area contributed by atoms with Crippen LogP contribution in [0, 0.1) is 0 Å². The molecule has 1 fully saturated rings. The lowest BCUT2D eigenvalue weighted by molar-refractivity contribution is -0.220. The van der Waals surface area contributed by atoms with E-state index in [1.807, 2.05) is 0 Å². The third-order valence-electron chi connectivity index (χ3n) is 11.7. The molecule has 1 saturated carbocycles. The fourth-order valence-electron chi connectivity index (χ4n) is 7.76. The monoisotopic (exact) mass is 881 g/mol. The summed E-state index contributed by atoms with van der Waals surface area (Å²) in [4.78, 5) is 35.7. The number of unbranched alkanes of at least 4 members (excludes halogenated alkanes) is 29. The quantitative estimate of drug-likeness (QED) is 0.0192. The Morgan fingerprint density at radius 3 is 1.10 bits per heavy atom. The van der Waals surface area contributed by atoms with Gasteiger partial charge in [0.1, 0.15) is 43.2 Å². The van der Waals surface area contributed by atoms with E-state index in [4.69, 9.17) is 18.5 Å². The standard InChI is InChI=1S/C46H89O13P/c1-3-5-7-9-11-13-15-17-18-19-20-21-22-23-25-26-28-30-32-34-39(47)56-36-38(58-40(48)35-33-31-29-27-24-16-14-12-10-8-6-4-2)37-57-60(54,55)59-46-44(52)42(50)41(49)43(51)45(46)53/h38,41-46,49-53H,3-37H2,1-2H3,(H,54,55)/t38-,41?,42-,43?,44?,45?,46?/m0/s1. The molecule has 60 heavy (non-hydrogen) atoms. The van der Waals surface area contributed by atoms with Crippen molar-refractivity contribution >= 4 is 19.8 Å². The Balaban J connectivity index is 2.38.